The fourth-order valence-electron chi connectivity index (χ4n) is 2.86. The highest BCUT2D eigenvalue weighted by molar-refractivity contribution is 5.94. The van der Waals surface area contributed by atoms with Gasteiger partial charge in [-0.1, -0.05) is 24.3 Å². The minimum atomic E-state index is -0.661. The van der Waals surface area contributed by atoms with Crippen molar-refractivity contribution in [2.24, 2.45) is 0 Å². The molecular weight excluding hydrogens is 377 g/mol. The number of nitrogens with one attached hydrogen (secondary N) is 2. The number of amides is 1. The van der Waals surface area contributed by atoms with E-state index in [0.717, 1.165) is 13.0 Å². The standard InChI is InChI=1S/C18H21N3O3.2ClH/c1-24-17-9-13(6-7-19-17)18(23)21-11-16(22)15-8-12-4-2-3-5-14(12)10-20-15;;/h2-7,9,15-16,20,22H,8,10-11H2,1H3,(H,21,23);2*1H/t15-,16+;;/m0../s1. The van der Waals surface area contributed by atoms with Gasteiger partial charge < -0.3 is 20.5 Å². The van der Waals surface area contributed by atoms with Crippen LogP contribution in [0.5, 0.6) is 5.88 Å². The van der Waals surface area contributed by atoms with Crippen molar-refractivity contribution in [2.45, 2.75) is 25.1 Å². The van der Waals surface area contributed by atoms with Crippen LogP contribution < -0.4 is 15.4 Å². The Labute approximate surface area is 165 Å². The molecule has 1 aromatic heterocycles. The summed E-state index contributed by atoms with van der Waals surface area (Å²) in [5, 5.41) is 16.5. The van der Waals surface area contributed by atoms with Gasteiger partial charge in [0.2, 0.25) is 5.88 Å². The molecule has 0 radical (unpaired) electrons. The molecule has 3 rings (SSSR count). The predicted molar refractivity (Wildman–Crippen MR) is 104 cm³/mol. The van der Waals surface area contributed by atoms with Crippen LogP contribution in [0.25, 0.3) is 0 Å². The number of aliphatic hydroxyl groups excluding tert-OH is 1. The summed E-state index contributed by atoms with van der Waals surface area (Å²) in [6, 6.07) is 11.3. The van der Waals surface area contributed by atoms with Crippen LogP contribution in [0.15, 0.2) is 42.6 Å². The Morgan fingerprint density at radius 3 is 2.81 bits per heavy atom. The molecule has 1 amide bonds. The molecule has 0 saturated carbocycles. The molecule has 2 aromatic rings. The van der Waals surface area contributed by atoms with Gasteiger partial charge in [0, 0.05) is 37.0 Å². The summed E-state index contributed by atoms with van der Waals surface area (Å²) in [5.41, 5.74) is 2.95. The second kappa shape index (κ2) is 10.3. The van der Waals surface area contributed by atoms with E-state index in [-0.39, 0.29) is 43.3 Å². The first kappa shape index (κ1) is 22.2. The molecule has 6 nitrogen and oxygen atoms in total. The number of pyridine rings is 1. The third kappa shape index (κ3) is 5.32. The number of aromatic nitrogens is 1. The number of carbonyl (C=O) groups excluding carboxylic acids is 1. The summed E-state index contributed by atoms with van der Waals surface area (Å²) in [6.45, 7) is 0.913. The normalized spacial score (nSPS) is 16.3. The van der Waals surface area contributed by atoms with Crippen LogP contribution in [0.4, 0.5) is 0 Å². The van der Waals surface area contributed by atoms with Crippen molar-refractivity contribution < 1.29 is 14.6 Å². The van der Waals surface area contributed by atoms with Gasteiger partial charge in [0.1, 0.15) is 0 Å². The quantitative estimate of drug-likeness (QED) is 0.712. The Hall–Kier alpha value is -1.86. The molecule has 1 aliphatic rings. The Morgan fingerprint density at radius 1 is 1.35 bits per heavy atom. The smallest absolute Gasteiger partial charge is 0.251 e. The fraction of sp³-hybridized carbons (Fsp3) is 0.333. The minimum Gasteiger partial charge on any atom is -0.481 e. The lowest BCUT2D eigenvalue weighted by Gasteiger charge is -2.30. The van der Waals surface area contributed by atoms with E-state index in [9.17, 15) is 9.90 Å². The molecule has 3 N–H and O–H groups in total. The molecule has 142 valence electrons. The van der Waals surface area contributed by atoms with Crippen LogP contribution >= 0.6 is 24.8 Å². The fourth-order valence-corrected chi connectivity index (χ4v) is 2.86. The van der Waals surface area contributed by atoms with Gasteiger partial charge in [0.25, 0.3) is 5.91 Å². The summed E-state index contributed by atoms with van der Waals surface area (Å²) < 4.78 is 5.01. The van der Waals surface area contributed by atoms with Crippen molar-refractivity contribution in [1.29, 1.82) is 0 Å². The third-order valence-electron chi connectivity index (χ3n) is 4.26. The first-order valence-corrected chi connectivity index (χ1v) is 7.94. The third-order valence-corrected chi connectivity index (χ3v) is 4.26. The maximum absolute atomic E-state index is 12.2. The molecular formula is C18H23Cl2N3O3. The number of ether oxygens (including phenoxy) is 1. The number of hydrogen-bond donors (Lipinski definition) is 3. The van der Waals surface area contributed by atoms with Gasteiger partial charge in [-0.25, -0.2) is 4.98 Å². The van der Waals surface area contributed by atoms with Crippen LogP contribution in [-0.4, -0.2) is 41.8 Å². The first-order chi connectivity index (χ1) is 11.7. The lowest BCUT2D eigenvalue weighted by atomic mass is 9.93. The van der Waals surface area contributed by atoms with Crippen molar-refractivity contribution in [2.75, 3.05) is 13.7 Å². The van der Waals surface area contributed by atoms with Gasteiger partial charge in [-0.05, 0) is 23.6 Å². The van der Waals surface area contributed by atoms with E-state index in [1.807, 2.05) is 12.1 Å². The van der Waals surface area contributed by atoms with Gasteiger partial charge in [0.05, 0.1) is 13.2 Å². The Balaban J connectivity index is 0.00000169. The summed E-state index contributed by atoms with van der Waals surface area (Å²) in [4.78, 5) is 16.1. The molecule has 0 spiro atoms. The average Bonchev–Trinajstić information content (AvgIpc) is 2.65. The number of rotatable bonds is 5. The van der Waals surface area contributed by atoms with Crippen LogP contribution in [0, 0.1) is 0 Å². The van der Waals surface area contributed by atoms with E-state index >= 15 is 0 Å². The van der Waals surface area contributed by atoms with E-state index in [1.165, 1.54) is 24.4 Å². The second-order valence-electron chi connectivity index (χ2n) is 5.82. The second-order valence-corrected chi connectivity index (χ2v) is 5.82. The van der Waals surface area contributed by atoms with E-state index in [0.29, 0.717) is 11.4 Å². The van der Waals surface area contributed by atoms with E-state index in [2.05, 4.69) is 27.8 Å². The largest absolute Gasteiger partial charge is 0.481 e. The number of hydrogen-bond acceptors (Lipinski definition) is 5. The molecule has 2 atom stereocenters. The summed E-state index contributed by atoms with van der Waals surface area (Å²) in [6.07, 6.45) is 1.60. The average molecular weight is 400 g/mol. The van der Waals surface area contributed by atoms with E-state index < -0.39 is 6.10 Å². The number of fused-ring (bicyclic) bond motifs is 1. The molecule has 1 aromatic carbocycles. The number of methoxy groups -OCH3 is 1. The molecule has 0 saturated heterocycles. The minimum absolute atomic E-state index is 0. The van der Waals surface area contributed by atoms with Crippen LogP contribution in [0.2, 0.25) is 0 Å². The molecule has 0 aliphatic carbocycles. The number of nitrogens with zero attached hydrogens (tertiary/aromatic N) is 1. The molecule has 2 heterocycles. The highest BCUT2D eigenvalue weighted by Gasteiger charge is 2.24. The zero-order chi connectivity index (χ0) is 16.9. The van der Waals surface area contributed by atoms with Gasteiger partial charge >= 0.3 is 0 Å². The zero-order valence-electron chi connectivity index (χ0n) is 14.3. The van der Waals surface area contributed by atoms with Gasteiger partial charge in [-0.15, -0.1) is 24.8 Å². The van der Waals surface area contributed by atoms with Crippen LogP contribution in [0.3, 0.4) is 0 Å². The highest BCUT2D eigenvalue weighted by Crippen LogP contribution is 2.17. The van der Waals surface area contributed by atoms with Crippen LogP contribution in [-0.2, 0) is 13.0 Å². The van der Waals surface area contributed by atoms with Crippen molar-refractivity contribution >= 4 is 30.7 Å². The Morgan fingerprint density at radius 2 is 2.08 bits per heavy atom. The number of carbonyl (C=O) groups is 1. The number of benzene rings is 1. The van der Waals surface area contributed by atoms with Gasteiger partial charge in [-0.3, -0.25) is 4.79 Å². The van der Waals surface area contributed by atoms with E-state index in [1.54, 1.807) is 12.1 Å². The summed E-state index contributed by atoms with van der Waals surface area (Å²) >= 11 is 0. The summed E-state index contributed by atoms with van der Waals surface area (Å²) in [5.74, 6) is 0.125. The zero-order valence-corrected chi connectivity index (χ0v) is 16.0. The predicted octanol–water partition coefficient (Wildman–Crippen LogP) is 1.74. The van der Waals surface area contributed by atoms with E-state index in [4.69, 9.17) is 4.74 Å². The molecule has 26 heavy (non-hydrogen) atoms. The molecule has 1 aliphatic heterocycles. The van der Waals surface area contributed by atoms with Crippen molar-refractivity contribution in [3.05, 3.63) is 59.3 Å². The number of aliphatic hydroxyl groups is 1. The monoisotopic (exact) mass is 399 g/mol. The maximum Gasteiger partial charge on any atom is 0.251 e. The first-order valence-electron chi connectivity index (χ1n) is 7.94. The molecule has 0 bridgehead atoms. The Bertz CT molecular complexity index is 730. The maximum atomic E-state index is 12.2. The van der Waals surface area contributed by atoms with Crippen molar-refractivity contribution in [3.63, 3.8) is 0 Å². The van der Waals surface area contributed by atoms with Crippen LogP contribution in [0.1, 0.15) is 21.5 Å². The highest BCUT2D eigenvalue weighted by atomic mass is 35.5. The van der Waals surface area contributed by atoms with Crippen molar-refractivity contribution in [1.82, 2.24) is 15.6 Å². The van der Waals surface area contributed by atoms with Gasteiger partial charge in [0.15, 0.2) is 0 Å². The summed E-state index contributed by atoms with van der Waals surface area (Å²) in [7, 11) is 1.50. The Kier molecular flexibility index (Phi) is 8.81. The number of halogens is 2. The van der Waals surface area contributed by atoms with Crippen molar-refractivity contribution in [3.8, 4) is 5.88 Å². The van der Waals surface area contributed by atoms with Gasteiger partial charge in [-0.2, -0.15) is 0 Å². The lowest BCUT2D eigenvalue weighted by molar-refractivity contribution is 0.0869. The lowest BCUT2D eigenvalue weighted by Crippen LogP contribution is -2.49. The SMILES string of the molecule is COc1cc(C(=O)NC[C@@H](O)[C@@H]2Cc3ccccc3CN2)ccn1.Cl.Cl. The molecule has 8 heteroatoms. The molecule has 0 unspecified atom stereocenters. The molecule has 0 fully saturated rings. The topological polar surface area (TPSA) is 83.5 Å².